The third-order valence-corrected chi connectivity index (χ3v) is 4.00. The number of rotatable bonds is 2. The fourth-order valence-corrected chi connectivity index (χ4v) is 2.42. The number of pyridine rings is 2. The average Bonchev–Trinajstić information content (AvgIpc) is 2.64. The summed E-state index contributed by atoms with van der Waals surface area (Å²) in [4.78, 5) is 18.8. The third-order valence-electron chi connectivity index (χ3n) is 3.16. The number of nitrogen functional groups attached to an aromatic ring is 1. The first kappa shape index (κ1) is 21.7. The number of carbonyl (C=O) groups excluding carboxylic acids is 1. The van der Waals surface area contributed by atoms with Gasteiger partial charge in [0.15, 0.2) is 21.9 Å². The maximum absolute atomic E-state index is 13.5. The number of nitrogens with one attached hydrogen (secondary N) is 1. The third kappa shape index (κ3) is 5.25. The van der Waals surface area contributed by atoms with Gasteiger partial charge in [0.05, 0.1) is 22.0 Å². The van der Waals surface area contributed by atoms with E-state index in [9.17, 15) is 18.0 Å². The first-order chi connectivity index (χ1) is 13.2. The molecule has 1 amide bonds. The predicted octanol–water partition coefficient (Wildman–Crippen LogP) is 5.38. The van der Waals surface area contributed by atoms with Crippen LogP contribution in [0.2, 0.25) is 15.3 Å². The molecule has 0 spiro atoms. The van der Waals surface area contributed by atoms with E-state index in [-0.39, 0.29) is 27.1 Å². The van der Waals surface area contributed by atoms with E-state index < -0.39 is 28.5 Å². The van der Waals surface area contributed by atoms with E-state index >= 15 is 0 Å². The molecule has 0 aliphatic carbocycles. The van der Waals surface area contributed by atoms with Gasteiger partial charge in [0.25, 0.3) is 5.91 Å². The molecule has 0 atom stereocenters. The Morgan fingerprint density at radius 3 is 2.11 bits per heavy atom. The highest BCUT2D eigenvalue weighted by Gasteiger charge is 2.18. The smallest absolute Gasteiger partial charge is 0.260 e. The monoisotopic (exact) mass is 448 g/mol. The number of anilines is 2. The van der Waals surface area contributed by atoms with Crippen molar-refractivity contribution in [2.45, 2.75) is 0 Å². The highest BCUT2D eigenvalue weighted by Crippen LogP contribution is 2.23. The van der Waals surface area contributed by atoms with Gasteiger partial charge in [-0.25, -0.2) is 23.1 Å². The summed E-state index contributed by atoms with van der Waals surface area (Å²) in [5.74, 6) is -3.22. The molecular formula is C17H10Cl3F3N4O. The van der Waals surface area contributed by atoms with Gasteiger partial charge in [0.2, 0.25) is 0 Å². The minimum absolute atomic E-state index is 0.0231. The molecule has 2 aromatic heterocycles. The van der Waals surface area contributed by atoms with Crippen LogP contribution in [0.3, 0.4) is 0 Å². The van der Waals surface area contributed by atoms with E-state index in [4.69, 9.17) is 40.5 Å². The molecule has 11 heteroatoms. The molecule has 0 saturated carbocycles. The molecule has 3 aromatic rings. The van der Waals surface area contributed by atoms with E-state index in [1.807, 2.05) is 0 Å². The quantitative estimate of drug-likeness (QED) is 0.515. The van der Waals surface area contributed by atoms with E-state index in [0.717, 1.165) is 6.07 Å². The van der Waals surface area contributed by atoms with Crippen LogP contribution >= 0.6 is 34.8 Å². The van der Waals surface area contributed by atoms with Gasteiger partial charge in [-0.2, -0.15) is 0 Å². The molecule has 1 aromatic carbocycles. The number of carbonyl (C=O) groups is 1. The number of benzene rings is 1. The number of nitrogens with zero attached hydrogens (tertiary/aromatic N) is 2. The minimum atomic E-state index is -0.898. The van der Waals surface area contributed by atoms with Crippen LogP contribution in [-0.2, 0) is 0 Å². The normalized spacial score (nSPS) is 10.1. The number of nitrogens with two attached hydrogens (primary N) is 1. The van der Waals surface area contributed by atoms with Crippen molar-refractivity contribution >= 4 is 52.1 Å². The average molecular weight is 450 g/mol. The Morgan fingerprint density at radius 1 is 0.929 bits per heavy atom. The molecule has 0 unspecified atom stereocenters. The molecule has 2 heterocycles. The Kier molecular flexibility index (Phi) is 7.45. The summed E-state index contributed by atoms with van der Waals surface area (Å²) in [7, 11) is 0. The Hall–Kier alpha value is -2.55. The van der Waals surface area contributed by atoms with Crippen LogP contribution in [-0.4, -0.2) is 15.9 Å². The summed E-state index contributed by atoms with van der Waals surface area (Å²) in [6, 6.07) is 6.35. The molecule has 0 fully saturated rings. The zero-order chi connectivity index (χ0) is 20.8. The second kappa shape index (κ2) is 9.59. The molecule has 0 aliphatic heterocycles. The van der Waals surface area contributed by atoms with E-state index in [1.54, 1.807) is 0 Å². The highest BCUT2D eigenvalue weighted by atomic mass is 35.5. The Bertz CT molecular complexity index is 980. The zero-order valence-electron chi connectivity index (χ0n) is 13.7. The van der Waals surface area contributed by atoms with Gasteiger partial charge in [0.1, 0.15) is 5.82 Å². The van der Waals surface area contributed by atoms with E-state index in [1.165, 1.54) is 36.7 Å². The first-order valence-corrected chi connectivity index (χ1v) is 8.46. The molecule has 0 aliphatic rings. The largest absolute Gasteiger partial charge is 0.396 e. The Labute approximate surface area is 172 Å². The van der Waals surface area contributed by atoms with Crippen LogP contribution in [0.1, 0.15) is 10.4 Å². The summed E-state index contributed by atoms with van der Waals surface area (Å²) in [5, 5.41) is 1.54. The first-order valence-electron chi connectivity index (χ1n) is 7.33. The fraction of sp³-hybridized carbons (Fsp3) is 0. The van der Waals surface area contributed by atoms with Crippen molar-refractivity contribution in [3.05, 3.63) is 81.1 Å². The van der Waals surface area contributed by atoms with E-state index in [2.05, 4.69) is 15.3 Å². The number of aromatic nitrogens is 2. The molecule has 3 N–H and O–H groups in total. The molecule has 0 saturated heterocycles. The SMILES string of the molecule is Nc1ccnc(Cl)c1F.O=C(Nc1ccnc(Cl)c1F)c1c(F)cccc1Cl. The lowest BCUT2D eigenvalue weighted by Gasteiger charge is -2.08. The van der Waals surface area contributed by atoms with Gasteiger partial charge in [-0.05, 0) is 24.3 Å². The molecule has 3 rings (SSSR count). The number of amides is 1. The lowest BCUT2D eigenvalue weighted by molar-refractivity contribution is 0.102. The van der Waals surface area contributed by atoms with Crippen molar-refractivity contribution in [3.63, 3.8) is 0 Å². The van der Waals surface area contributed by atoms with Gasteiger partial charge in [0, 0.05) is 12.4 Å². The molecular weight excluding hydrogens is 440 g/mol. The fourth-order valence-electron chi connectivity index (χ4n) is 1.85. The summed E-state index contributed by atoms with van der Waals surface area (Å²) < 4.78 is 39.5. The van der Waals surface area contributed by atoms with Crippen molar-refractivity contribution < 1.29 is 18.0 Å². The van der Waals surface area contributed by atoms with Crippen LogP contribution in [0.15, 0.2) is 42.7 Å². The summed E-state index contributed by atoms with van der Waals surface area (Å²) >= 11 is 16.4. The van der Waals surface area contributed by atoms with Crippen LogP contribution < -0.4 is 11.1 Å². The molecule has 0 radical (unpaired) electrons. The van der Waals surface area contributed by atoms with E-state index in [0.29, 0.717) is 0 Å². The van der Waals surface area contributed by atoms with Gasteiger partial charge in [-0.3, -0.25) is 4.79 Å². The van der Waals surface area contributed by atoms with Crippen molar-refractivity contribution in [1.29, 1.82) is 0 Å². The lowest BCUT2D eigenvalue weighted by atomic mass is 10.2. The Morgan fingerprint density at radius 2 is 1.54 bits per heavy atom. The maximum atomic E-state index is 13.5. The predicted molar refractivity (Wildman–Crippen MR) is 102 cm³/mol. The zero-order valence-corrected chi connectivity index (χ0v) is 16.0. The van der Waals surface area contributed by atoms with Crippen molar-refractivity contribution in [2.75, 3.05) is 11.1 Å². The number of hydrogen-bond acceptors (Lipinski definition) is 4. The van der Waals surface area contributed by atoms with Gasteiger partial charge < -0.3 is 11.1 Å². The topological polar surface area (TPSA) is 80.9 Å². The maximum Gasteiger partial charge on any atom is 0.260 e. The van der Waals surface area contributed by atoms with Gasteiger partial charge in [-0.15, -0.1) is 0 Å². The van der Waals surface area contributed by atoms with Gasteiger partial charge >= 0.3 is 0 Å². The van der Waals surface area contributed by atoms with Crippen LogP contribution in [0.5, 0.6) is 0 Å². The van der Waals surface area contributed by atoms with Crippen LogP contribution in [0.25, 0.3) is 0 Å². The summed E-state index contributed by atoms with van der Waals surface area (Å²) in [5.41, 5.74) is 4.58. The van der Waals surface area contributed by atoms with Crippen LogP contribution in [0.4, 0.5) is 24.5 Å². The molecule has 28 heavy (non-hydrogen) atoms. The van der Waals surface area contributed by atoms with Crippen molar-refractivity contribution in [2.24, 2.45) is 0 Å². The van der Waals surface area contributed by atoms with Crippen LogP contribution in [0, 0.1) is 17.5 Å². The number of halogens is 6. The second-order valence-corrected chi connectivity index (χ2v) is 6.14. The second-order valence-electron chi connectivity index (χ2n) is 5.02. The van der Waals surface area contributed by atoms with Crippen molar-refractivity contribution in [3.8, 4) is 0 Å². The Balaban J connectivity index is 0.000000261. The molecule has 0 bridgehead atoms. The molecule has 146 valence electrons. The molecule has 5 nitrogen and oxygen atoms in total. The minimum Gasteiger partial charge on any atom is -0.396 e. The standard InChI is InChI=1S/C12H6Cl2F2N2O.C5H4ClFN2/c13-6-2-1-3-7(15)9(6)12(19)18-8-4-5-17-11(14)10(8)16;6-5-4(7)3(8)1-2-9-5/h1-5H,(H,17,18,19);1-2H,(H2,8,9). The number of hydrogen-bond donors (Lipinski definition) is 2. The summed E-state index contributed by atoms with van der Waals surface area (Å²) in [6.07, 6.45) is 2.56. The van der Waals surface area contributed by atoms with Crippen molar-refractivity contribution in [1.82, 2.24) is 9.97 Å². The highest BCUT2D eigenvalue weighted by molar-refractivity contribution is 6.34. The van der Waals surface area contributed by atoms with Gasteiger partial charge in [-0.1, -0.05) is 40.9 Å². The lowest BCUT2D eigenvalue weighted by Crippen LogP contribution is -2.15. The summed E-state index contributed by atoms with van der Waals surface area (Å²) in [6.45, 7) is 0.